The zero-order valence-electron chi connectivity index (χ0n) is 17.9. The molecule has 2 aromatic heterocycles. The standard InChI is InChI=1S/C26H23N3O3/c1-17(27)24-21(26(30)31-2)15-22(23-9-6-14-32-23)29-25(24)28-16-18-10-12-20(13-11-18)19-7-4-3-5-8-19/h3-15,27H,16H2,1-2H3,(H,28,29). The maximum Gasteiger partial charge on any atom is 0.338 e. The lowest BCUT2D eigenvalue weighted by atomic mass is 10.0. The van der Waals surface area contributed by atoms with Crippen LogP contribution in [0.2, 0.25) is 0 Å². The van der Waals surface area contributed by atoms with E-state index in [0.29, 0.717) is 29.4 Å². The van der Waals surface area contributed by atoms with Crippen molar-refractivity contribution in [3.63, 3.8) is 0 Å². The van der Waals surface area contributed by atoms with Gasteiger partial charge in [-0.15, -0.1) is 0 Å². The molecule has 0 aliphatic heterocycles. The molecule has 0 radical (unpaired) electrons. The summed E-state index contributed by atoms with van der Waals surface area (Å²) in [7, 11) is 1.32. The Balaban J connectivity index is 1.65. The van der Waals surface area contributed by atoms with Crippen molar-refractivity contribution in [3.8, 4) is 22.6 Å². The Morgan fingerprint density at radius 2 is 1.75 bits per heavy atom. The topological polar surface area (TPSA) is 88.2 Å². The van der Waals surface area contributed by atoms with Gasteiger partial charge in [0, 0.05) is 12.3 Å². The van der Waals surface area contributed by atoms with Crippen LogP contribution in [0.15, 0.2) is 83.5 Å². The second-order valence-electron chi connectivity index (χ2n) is 7.29. The number of furan rings is 1. The molecule has 2 aromatic carbocycles. The second-order valence-corrected chi connectivity index (χ2v) is 7.29. The van der Waals surface area contributed by atoms with E-state index in [2.05, 4.69) is 34.6 Å². The predicted molar refractivity (Wildman–Crippen MR) is 125 cm³/mol. The first-order valence-corrected chi connectivity index (χ1v) is 10.2. The zero-order chi connectivity index (χ0) is 22.5. The first-order valence-electron chi connectivity index (χ1n) is 10.2. The van der Waals surface area contributed by atoms with Crippen LogP contribution in [0, 0.1) is 5.41 Å². The van der Waals surface area contributed by atoms with Gasteiger partial charge < -0.3 is 19.9 Å². The highest BCUT2D eigenvalue weighted by Gasteiger charge is 2.21. The molecule has 0 unspecified atom stereocenters. The summed E-state index contributed by atoms with van der Waals surface area (Å²) in [5, 5.41) is 11.5. The van der Waals surface area contributed by atoms with Gasteiger partial charge in [0.15, 0.2) is 5.76 Å². The fraction of sp³-hybridized carbons (Fsp3) is 0.115. The Bertz CT molecular complexity index is 1230. The first-order chi connectivity index (χ1) is 15.6. The summed E-state index contributed by atoms with van der Waals surface area (Å²) < 4.78 is 10.4. The molecule has 2 heterocycles. The van der Waals surface area contributed by atoms with E-state index >= 15 is 0 Å². The molecule has 0 saturated carbocycles. The van der Waals surface area contributed by atoms with Crippen LogP contribution in [0.25, 0.3) is 22.6 Å². The van der Waals surface area contributed by atoms with Gasteiger partial charge in [-0.25, -0.2) is 9.78 Å². The molecule has 0 saturated heterocycles. The monoisotopic (exact) mass is 425 g/mol. The third-order valence-electron chi connectivity index (χ3n) is 5.09. The van der Waals surface area contributed by atoms with Gasteiger partial charge in [0.25, 0.3) is 0 Å². The van der Waals surface area contributed by atoms with Gasteiger partial charge in [-0.3, -0.25) is 0 Å². The zero-order valence-corrected chi connectivity index (χ0v) is 17.9. The summed E-state index contributed by atoms with van der Waals surface area (Å²) in [4.78, 5) is 17.1. The lowest BCUT2D eigenvalue weighted by molar-refractivity contribution is 0.0600. The van der Waals surface area contributed by atoms with Crippen molar-refractivity contribution in [1.82, 2.24) is 4.98 Å². The second kappa shape index (κ2) is 9.31. The van der Waals surface area contributed by atoms with E-state index in [1.54, 1.807) is 31.4 Å². The third kappa shape index (κ3) is 4.44. The van der Waals surface area contributed by atoms with Crippen molar-refractivity contribution >= 4 is 17.5 Å². The number of methoxy groups -OCH3 is 1. The fourth-order valence-electron chi connectivity index (χ4n) is 3.51. The van der Waals surface area contributed by atoms with Gasteiger partial charge in [0.2, 0.25) is 0 Å². The van der Waals surface area contributed by atoms with Crippen LogP contribution in [-0.4, -0.2) is 23.8 Å². The van der Waals surface area contributed by atoms with E-state index in [1.165, 1.54) is 7.11 Å². The smallest absolute Gasteiger partial charge is 0.338 e. The van der Waals surface area contributed by atoms with E-state index in [9.17, 15) is 4.79 Å². The summed E-state index contributed by atoms with van der Waals surface area (Å²) in [6.07, 6.45) is 1.55. The van der Waals surface area contributed by atoms with E-state index in [1.807, 2.05) is 30.3 Å². The molecule has 6 heteroatoms. The predicted octanol–water partition coefficient (Wildman–Crippen LogP) is 5.80. The first kappa shape index (κ1) is 21.1. The number of esters is 1. The van der Waals surface area contributed by atoms with Crippen LogP contribution in [0.3, 0.4) is 0 Å². The summed E-state index contributed by atoms with van der Waals surface area (Å²) >= 11 is 0. The minimum atomic E-state index is -0.530. The SMILES string of the molecule is COC(=O)c1cc(-c2ccco2)nc(NCc2ccc(-c3ccccc3)cc2)c1C(C)=N. The average Bonchev–Trinajstić information content (AvgIpc) is 3.37. The minimum Gasteiger partial charge on any atom is -0.465 e. The number of benzene rings is 2. The molecule has 2 N–H and O–H groups in total. The van der Waals surface area contributed by atoms with Crippen molar-refractivity contribution in [1.29, 1.82) is 5.41 Å². The number of aromatic nitrogens is 1. The maximum absolute atomic E-state index is 12.5. The van der Waals surface area contributed by atoms with Gasteiger partial charge in [-0.1, -0.05) is 54.6 Å². The van der Waals surface area contributed by atoms with E-state index in [4.69, 9.17) is 14.6 Å². The molecule has 0 aliphatic carbocycles. The quantitative estimate of drug-likeness (QED) is 0.289. The number of hydrogen-bond acceptors (Lipinski definition) is 6. The molecule has 6 nitrogen and oxygen atoms in total. The summed E-state index contributed by atoms with van der Waals surface area (Å²) in [5.74, 6) is 0.426. The number of nitrogens with zero attached hydrogens (tertiary/aromatic N) is 1. The Morgan fingerprint density at radius 1 is 1.03 bits per heavy atom. The molecular weight excluding hydrogens is 402 g/mol. The molecule has 0 amide bonds. The molecule has 160 valence electrons. The highest BCUT2D eigenvalue weighted by atomic mass is 16.5. The third-order valence-corrected chi connectivity index (χ3v) is 5.09. The lowest BCUT2D eigenvalue weighted by Gasteiger charge is -2.15. The van der Waals surface area contributed by atoms with Gasteiger partial charge in [0.05, 0.1) is 24.5 Å². The highest BCUT2D eigenvalue weighted by Crippen LogP contribution is 2.28. The Hall–Kier alpha value is -4.19. The molecule has 0 aliphatic rings. The molecule has 4 aromatic rings. The molecule has 0 atom stereocenters. The van der Waals surface area contributed by atoms with E-state index in [-0.39, 0.29) is 11.3 Å². The number of pyridine rings is 1. The van der Waals surface area contributed by atoms with Crippen molar-refractivity contribution in [2.45, 2.75) is 13.5 Å². The van der Waals surface area contributed by atoms with Crippen LogP contribution < -0.4 is 5.32 Å². The van der Waals surface area contributed by atoms with Crippen LogP contribution in [0.5, 0.6) is 0 Å². The highest BCUT2D eigenvalue weighted by molar-refractivity contribution is 6.10. The molecule has 0 bridgehead atoms. The number of carbonyl (C=O) groups excluding carboxylic acids is 1. The normalized spacial score (nSPS) is 10.6. The number of ether oxygens (including phenoxy) is 1. The van der Waals surface area contributed by atoms with Crippen LogP contribution in [0.4, 0.5) is 5.82 Å². The van der Waals surface area contributed by atoms with Crippen LogP contribution in [-0.2, 0) is 11.3 Å². The van der Waals surface area contributed by atoms with Gasteiger partial charge >= 0.3 is 5.97 Å². The minimum absolute atomic E-state index is 0.214. The van der Waals surface area contributed by atoms with Crippen molar-refractivity contribution in [2.75, 3.05) is 12.4 Å². The lowest BCUT2D eigenvalue weighted by Crippen LogP contribution is -2.15. The molecular formula is C26H23N3O3. The van der Waals surface area contributed by atoms with Gasteiger partial charge in [0.1, 0.15) is 11.5 Å². The molecule has 0 fully saturated rings. The molecule has 4 rings (SSSR count). The van der Waals surface area contributed by atoms with Gasteiger partial charge in [-0.05, 0) is 41.8 Å². The summed E-state index contributed by atoms with van der Waals surface area (Å²) in [5.41, 5.74) is 4.72. The van der Waals surface area contributed by atoms with E-state index < -0.39 is 5.97 Å². The Kier molecular flexibility index (Phi) is 6.12. The summed E-state index contributed by atoms with van der Waals surface area (Å²) in [6.45, 7) is 2.10. The van der Waals surface area contributed by atoms with Gasteiger partial charge in [-0.2, -0.15) is 0 Å². The van der Waals surface area contributed by atoms with Crippen molar-refractivity contribution in [2.24, 2.45) is 0 Å². The molecule has 32 heavy (non-hydrogen) atoms. The number of carbonyl (C=O) groups is 1. The number of anilines is 1. The number of hydrogen-bond donors (Lipinski definition) is 2. The largest absolute Gasteiger partial charge is 0.465 e. The van der Waals surface area contributed by atoms with Crippen LogP contribution in [0.1, 0.15) is 28.4 Å². The Labute approximate surface area is 186 Å². The van der Waals surface area contributed by atoms with Crippen molar-refractivity contribution < 1.29 is 13.9 Å². The average molecular weight is 425 g/mol. The summed E-state index contributed by atoms with van der Waals surface area (Å²) in [6, 6.07) is 23.5. The molecule has 0 spiro atoms. The maximum atomic E-state index is 12.5. The number of nitrogens with one attached hydrogen (secondary N) is 2. The van der Waals surface area contributed by atoms with Crippen LogP contribution >= 0.6 is 0 Å². The number of rotatable bonds is 7. The van der Waals surface area contributed by atoms with E-state index in [0.717, 1.165) is 16.7 Å². The Morgan fingerprint density at radius 3 is 2.38 bits per heavy atom. The fourth-order valence-corrected chi connectivity index (χ4v) is 3.51. The van der Waals surface area contributed by atoms with Crippen molar-refractivity contribution in [3.05, 3.63) is 95.7 Å².